The molecular weight excluding hydrogens is 456 g/mol. The van der Waals surface area contributed by atoms with Crippen molar-refractivity contribution in [1.82, 2.24) is 14.8 Å². The summed E-state index contributed by atoms with van der Waals surface area (Å²) in [4.78, 5) is 12.6. The predicted molar refractivity (Wildman–Crippen MR) is 132 cm³/mol. The summed E-state index contributed by atoms with van der Waals surface area (Å²) in [6.45, 7) is 4.97. The second-order valence-electron chi connectivity index (χ2n) is 7.45. The number of nitrogens with zero attached hydrogens (tertiary/aromatic N) is 3. The van der Waals surface area contributed by atoms with Gasteiger partial charge in [-0.05, 0) is 43.2 Å². The van der Waals surface area contributed by atoms with Crippen molar-refractivity contribution in [3.8, 4) is 28.6 Å². The Labute approximate surface area is 203 Å². The molecule has 1 heterocycles. The molecule has 0 saturated carbocycles. The lowest BCUT2D eigenvalue weighted by atomic mass is 10.1. The molecule has 182 valence electrons. The molecule has 0 saturated heterocycles. The van der Waals surface area contributed by atoms with Crippen LogP contribution in [0.4, 0.5) is 5.69 Å². The number of carbonyl (C=O) groups excluding carboxylic acids is 1. The normalized spacial score (nSPS) is 10.8. The van der Waals surface area contributed by atoms with Crippen molar-refractivity contribution in [3.05, 3.63) is 41.5 Å². The number of benzene rings is 2. The molecule has 1 aromatic heterocycles. The summed E-state index contributed by atoms with van der Waals surface area (Å²) in [6.07, 6.45) is 0. The first kappa shape index (κ1) is 25.4. The van der Waals surface area contributed by atoms with Crippen LogP contribution in [0.2, 0.25) is 0 Å². The number of methoxy groups -OCH3 is 4. The molecule has 9 nitrogen and oxygen atoms in total. The third kappa shape index (κ3) is 5.63. The standard InChI is InChI=1S/C24H30N4O5S/c1-15-8-7-9-18(16(15)2)25-21(29)14-34-24-27-26-23(28(24)10-11-30-3)17-12-19(31-4)22(33-6)20(13-17)32-5/h7-9,12-13H,10-11,14H2,1-6H3,(H,25,29). The third-order valence-electron chi connectivity index (χ3n) is 5.37. The van der Waals surface area contributed by atoms with Crippen LogP contribution in [0.25, 0.3) is 11.4 Å². The first-order chi connectivity index (χ1) is 16.4. The number of hydrogen-bond donors (Lipinski definition) is 1. The van der Waals surface area contributed by atoms with Crippen LogP contribution in [0.15, 0.2) is 35.5 Å². The highest BCUT2D eigenvalue weighted by Crippen LogP contribution is 2.41. The molecular formula is C24H30N4O5S. The SMILES string of the molecule is COCCn1c(SCC(=O)Nc2cccc(C)c2C)nnc1-c1cc(OC)c(OC)c(OC)c1. The van der Waals surface area contributed by atoms with Crippen molar-refractivity contribution in [2.24, 2.45) is 0 Å². The van der Waals surface area contributed by atoms with Gasteiger partial charge < -0.3 is 24.3 Å². The first-order valence-corrected chi connectivity index (χ1v) is 11.6. The lowest BCUT2D eigenvalue weighted by Gasteiger charge is -2.15. The zero-order valence-corrected chi connectivity index (χ0v) is 21.1. The molecule has 1 amide bonds. The molecule has 0 atom stereocenters. The number of ether oxygens (including phenoxy) is 4. The number of anilines is 1. The highest BCUT2D eigenvalue weighted by Gasteiger charge is 2.20. The summed E-state index contributed by atoms with van der Waals surface area (Å²) in [5.41, 5.74) is 3.72. The van der Waals surface area contributed by atoms with Crippen molar-refractivity contribution in [1.29, 1.82) is 0 Å². The molecule has 34 heavy (non-hydrogen) atoms. The van der Waals surface area contributed by atoms with E-state index in [1.807, 2.05) is 48.7 Å². The predicted octanol–water partition coefficient (Wildman–Crippen LogP) is 3.96. The van der Waals surface area contributed by atoms with Gasteiger partial charge in [0.1, 0.15) is 0 Å². The van der Waals surface area contributed by atoms with Gasteiger partial charge in [0.2, 0.25) is 11.7 Å². The highest BCUT2D eigenvalue weighted by atomic mass is 32.2. The molecule has 0 fully saturated rings. The third-order valence-corrected chi connectivity index (χ3v) is 6.34. The van der Waals surface area contributed by atoms with Gasteiger partial charge in [-0.25, -0.2) is 0 Å². The van der Waals surface area contributed by atoms with Gasteiger partial charge in [-0.3, -0.25) is 9.36 Å². The number of rotatable bonds is 11. The van der Waals surface area contributed by atoms with Gasteiger partial charge in [-0.15, -0.1) is 10.2 Å². The Morgan fingerprint density at radius 3 is 2.35 bits per heavy atom. The Balaban J connectivity index is 1.86. The summed E-state index contributed by atoms with van der Waals surface area (Å²) >= 11 is 1.31. The van der Waals surface area contributed by atoms with Gasteiger partial charge in [-0.2, -0.15) is 0 Å². The second kappa shape index (κ2) is 11.8. The van der Waals surface area contributed by atoms with E-state index < -0.39 is 0 Å². The molecule has 0 unspecified atom stereocenters. The van der Waals surface area contributed by atoms with Crippen LogP contribution < -0.4 is 19.5 Å². The van der Waals surface area contributed by atoms with Crippen LogP contribution in [0.3, 0.4) is 0 Å². The van der Waals surface area contributed by atoms with Crippen LogP contribution in [-0.4, -0.2) is 61.5 Å². The van der Waals surface area contributed by atoms with E-state index in [0.29, 0.717) is 41.4 Å². The van der Waals surface area contributed by atoms with Gasteiger partial charge in [-0.1, -0.05) is 23.9 Å². The van der Waals surface area contributed by atoms with Crippen molar-refractivity contribution in [2.75, 3.05) is 46.1 Å². The minimum absolute atomic E-state index is 0.116. The lowest BCUT2D eigenvalue weighted by Crippen LogP contribution is -2.16. The van der Waals surface area contributed by atoms with E-state index in [-0.39, 0.29) is 11.7 Å². The van der Waals surface area contributed by atoms with Crippen molar-refractivity contribution in [3.63, 3.8) is 0 Å². The van der Waals surface area contributed by atoms with Gasteiger partial charge in [0.05, 0.1) is 40.2 Å². The maximum atomic E-state index is 12.6. The number of carbonyl (C=O) groups is 1. The summed E-state index contributed by atoms with van der Waals surface area (Å²) in [7, 11) is 6.31. The fraction of sp³-hybridized carbons (Fsp3) is 0.375. The smallest absolute Gasteiger partial charge is 0.234 e. The molecule has 0 bridgehead atoms. The fourth-order valence-corrected chi connectivity index (χ4v) is 4.17. The maximum absolute atomic E-state index is 12.6. The van der Waals surface area contributed by atoms with Crippen LogP contribution in [-0.2, 0) is 16.1 Å². The maximum Gasteiger partial charge on any atom is 0.234 e. The quantitative estimate of drug-likeness (QED) is 0.407. The van der Waals surface area contributed by atoms with Crippen LogP contribution >= 0.6 is 11.8 Å². The van der Waals surface area contributed by atoms with E-state index in [0.717, 1.165) is 22.4 Å². The summed E-state index contributed by atoms with van der Waals surface area (Å²) in [5.74, 6) is 2.20. The zero-order chi connectivity index (χ0) is 24.7. The highest BCUT2D eigenvalue weighted by molar-refractivity contribution is 7.99. The van der Waals surface area contributed by atoms with Crippen LogP contribution in [0, 0.1) is 13.8 Å². The van der Waals surface area contributed by atoms with Crippen molar-refractivity contribution < 1.29 is 23.7 Å². The zero-order valence-electron chi connectivity index (χ0n) is 20.3. The monoisotopic (exact) mass is 486 g/mol. The van der Waals surface area contributed by atoms with Gasteiger partial charge >= 0.3 is 0 Å². The Hall–Kier alpha value is -3.24. The average Bonchev–Trinajstić information content (AvgIpc) is 3.25. The summed E-state index contributed by atoms with van der Waals surface area (Å²) in [6, 6.07) is 9.47. The minimum atomic E-state index is -0.116. The molecule has 0 radical (unpaired) electrons. The Kier molecular flexibility index (Phi) is 8.78. The first-order valence-electron chi connectivity index (χ1n) is 10.6. The Morgan fingerprint density at radius 2 is 1.74 bits per heavy atom. The molecule has 3 rings (SSSR count). The number of amides is 1. The number of nitrogens with one attached hydrogen (secondary N) is 1. The van der Waals surface area contributed by atoms with Crippen molar-refractivity contribution in [2.45, 2.75) is 25.5 Å². The number of aromatic nitrogens is 3. The van der Waals surface area contributed by atoms with Gasteiger partial charge in [0, 0.05) is 18.4 Å². The topological polar surface area (TPSA) is 96.7 Å². The van der Waals surface area contributed by atoms with Gasteiger partial charge in [0.25, 0.3) is 0 Å². The number of hydrogen-bond acceptors (Lipinski definition) is 8. The molecule has 10 heteroatoms. The van der Waals surface area contributed by atoms with E-state index >= 15 is 0 Å². The number of aryl methyl sites for hydroxylation is 1. The Bertz CT molecular complexity index is 1120. The van der Waals surface area contributed by atoms with Crippen molar-refractivity contribution >= 4 is 23.4 Å². The van der Waals surface area contributed by atoms with E-state index in [9.17, 15) is 4.79 Å². The molecule has 2 aromatic carbocycles. The number of thioether (sulfide) groups is 1. The molecule has 1 N–H and O–H groups in total. The molecule has 3 aromatic rings. The van der Waals surface area contributed by atoms with Crippen LogP contribution in [0.5, 0.6) is 17.2 Å². The molecule has 0 aliphatic carbocycles. The van der Waals surface area contributed by atoms with Crippen LogP contribution in [0.1, 0.15) is 11.1 Å². The summed E-state index contributed by atoms with van der Waals surface area (Å²) in [5, 5.41) is 12.3. The van der Waals surface area contributed by atoms with E-state index in [1.165, 1.54) is 11.8 Å². The van der Waals surface area contributed by atoms with Gasteiger partial charge in [0.15, 0.2) is 22.5 Å². The minimum Gasteiger partial charge on any atom is -0.493 e. The second-order valence-corrected chi connectivity index (χ2v) is 8.39. The molecule has 0 aliphatic rings. The fourth-order valence-electron chi connectivity index (χ4n) is 3.41. The Morgan fingerprint density at radius 1 is 1.03 bits per heavy atom. The summed E-state index contributed by atoms with van der Waals surface area (Å²) < 4.78 is 23.6. The van der Waals surface area contributed by atoms with E-state index in [2.05, 4.69) is 15.5 Å². The van der Waals surface area contributed by atoms with E-state index in [1.54, 1.807) is 28.4 Å². The lowest BCUT2D eigenvalue weighted by molar-refractivity contribution is -0.113. The average molecular weight is 487 g/mol. The van der Waals surface area contributed by atoms with E-state index in [4.69, 9.17) is 18.9 Å². The molecule has 0 aliphatic heterocycles. The molecule has 0 spiro atoms. The largest absolute Gasteiger partial charge is 0.493 e.